The Morgan fingerprint density at radius 2 is 1.39 bits per heavy atom. The largest absolute Gasteiger partial charge is 0.454 e. The van der Waals surface area contributed by atoms with E-state index in [1.807, 2.05) is 0 Å². The Bertz CT molecular complexity index is 489. The van der Waals surface area contributed by atoms with E-state index in [-0.39, 0.29) is 5.48 Å². The number of hydrogen-bond acceptors (Lipinski definition) is 12. The maximum atomic E-state index is 11.4. The van der Waals surface area contributed by atoms with Crippen molar-refractivity contribution in [1.82, 2.24) is 0 Å². The van der Waals surface area contributed by atoms with E-state index in [9.17, 15) is 35.4 Å². The molecule has 0 aromatic heterocycles. The summed E-state index contributed by atoms with van der Waals surface area (Å²) in [7, 11) is 1.25. The van der Waals surface area contributed by atoms with Crippen molar-refractivity contribution in [2.45, 2.75) is 68.3 Å². The number of methoxy groups -OCH3 is 1. The van der Waals surface area contributed by atoms with Crippen molar-refractivity contribution >= 4 is 5.97 Å². The smallest absolute Gasteiger partial charge is 0.303 e. The fourth-order valence-corrected chi connectivity index (χ4v) is 3.04. The van der Waals surface area contributed by atoms with Gasteiger partial charge in [0.05, 0.1) is 13.2 Å². The monoisotopic (exact) mass is 416 g/mol. The number of carbonyl (C=O) groups is 1. The predicted octanol–water partition coefficient (Wildman–Crippen LogP) is -5.00. The molecule has 2 aliphatic rings. The topological polar surface area (TPSA) is 216 Å². The minimum Gasteiger partial charge on any atom is -0.454 e. The summed E-state index contributed by atoms with van der Waals surface area (Å²) in [6, 6.07) is 0. The molecule has 0 aliphatic carbocycles. The van der Waals surface area contributed by atoms with Crippen LogP contribution in [0.3, 0.4) is 0 Å². The van der Waals surface area contributed by atoms with Crippen LogP contribution in [0.4, 0.5) is 0 Å². The quantitative estimate of drug-likeness (QED) is 0.224. The van der Waals surface area contributed by atoms with Gasteiger partial charge in [-0.15, -0.1) is 0 Å². The van der Waals surface area contributed by atoms with E-state index in [2.05, 4.69) is 0 Å². The van der Waals surface area contributed by atoms with E-state index >= 15 is 0 Å². The molecule has 28 heavy (non-hydrogen) atoms. The second kappa shape index (κ2) is 10.7. The Kier molecular flexibility index (Phi) is 9.58. The molecular weight excluding hydrogens is 388 g/mol. The van der Waals surface area contributed by atoms with Gasteiger partial charge in [0, 0.05) is 14.0 Å². The molecule has 0 saturated carbocycles. The van der Waals surface area contributed by atoms with Crippen LogP contribution in [0.15, 0.2) is 0 Å². The lowest BCUT2D eigenvalue weighted by atomic mass is 9.97. The highest BCUT2D eigenvalue weighted by molar-refractivity contribution is 5.66. The molecule has 2 fully saturated rings. The molecule has 0 bridgehead atoms. The van der Waals surface area contributed by atoms with Crippen molar-refractivity contribution in [3.63, 3.8) is 0 Å². The summed E-state index contributed by atoms with van der Waals surface area (Å²) in [6.45, 7) is -0.168. The molecule has 2 rings (SSSR count). The van der Waals surface area contributed by atoms with Gasteiger partial charge >= 0.3 is 5.97 Å². The minimum absolute atomic E-state index is 0. The van der Waals surface area contributed by atoms with Gasteiger partial charge in [-0.2, -0.15) is 0 Å². The van der Waals surface area contributed by atoms with Crippen LogP contribution in [0.2, 0.25) is 0 Å². The fraction of sp³-hybridized carbons (Fsp3) is 0.933. The third-order valence-electron chi connectivity index (χ3n) is 4.47. The Balaban J connectivity index is 0.00000392. The van der Waals surface area contributed by atoms with Crippen molar-refractivity contribution < 1.29 is 64.6 Å². The summed E-state index contributed by atoms with van der Waals surface area (Å²) >= 11 is 0. The van der Waals surface area contributed by atoms with Gasteiger partial charge in [-0.3, -0.25) is 4.79 Å². The van der Waals surface area contributed by atoms with Gasteiger partial charge in [0.25, 0.3) is 0 Å². The minimum atomic E-state index is -1.73. The molecule has 2 heterocycles. The SMILES string of the molecule is CO[C@@H]1O[C@H](CO)[C@@H](O)[C@H](O[C@H]2O[C@H](CO)[C@@H](O)[C@H](O)[C@@H]2O)[C@@H]1OC(C)=O.O. The Labute approximate surface area is 160 Å². The number of hydrogen-bond donors (Lipinski definition) is 6. The lowest BCUT2D eigenvalue weighted by molar-refractivity contribution is -0.358. The van der Waals surface area contributed by atoms with Crippen LogP contribution in [-0.2, 0) is 28.5 Å². The lowest BCUT2D eigenvalue weighted by Crippen LogP contribution is -2.65. The number of rotatable bonds is 6. The van der Waals surface area contributed by atoms with E-state index < -0.39 is 80.6 Å². The predicted molar refractivity (Wildman–Crippen MR) is 86.6 cm³/mol. The van der Waals surface area contributed by atoms with Crippen molar-refractivity contribution in [3.05, 3.63) is 0 Å². The van der Waals surface area contributed by atoms with Crippen LogP contribution in [0.5, 0.6) is 0 Å². The highest BCUT2D eigenvalue weighted by atomic mass is 16.7. The maximum Gasteiger partial charge on any atom is 0.303 e. The Morgan fingerprint density at radius 3 is 1.89 bits per heavy atom. The summed E-state index contributed by atoms with van der Waals surface area (Å²) in [4.78, 5) is 11.4. The molecule has 2 aliphatic heterocycles. The molecule has 0 aromatic rings. The molecule has 2 saturated heterocycles. The zero-order valence-corrected chi connectivity index (χ0v) is 15.3. The zero-order chi connectivity index (χ0) is 20.3. The lowest BCUT2D eigenvalue weighted by Gasteiger charge is -2.46. The van der Waals surface area contributed by atoms with Crippen LogP contribution < -0.4 is 0 Å². The van der Waals surface area contributed by atoms with Crippen molar-refractivity contribution in [1.29, 1.82) is 0 Å². The van der Waals surface area contributed by atoms with Crippen LogP contribution in [0, 0.1) is 0 Å². The summed E-state index contributed by atoms with van der Waals surface area (Å²) in [6.07, 6.45) is -14.4. The number of carbonyl (C=O) groups excluding carboxylic acids is 1. The van der Waals surface area contributed by atoms with Crippen LogP contribution in [0.25, 0.3) is 0 Å². The van der Waals surface area contributed by atoms with Gasteiger partial charge in [0.2, 0.25) is 0 Å². The Hall–Kier alpha value is -0.970. The molecule has 0 spiro atoms. The average Bonchev–Trinajstić information content (AvgIpc) is 2.64. The van der Waals surface area contributed by atoms with Crippen molar-refractivity contribution in [2.75, 3.05) is 20.3 Å². The molecule has 0 radical (unpaired) electrons. The summed E-state index contributed by atoms with van der Waals surface area (Å²) < 4.78 is 26.3. The molecule has 10 atom stereocenters. The zero-order valence-electron chi connectivity index (χ0n) is 15.3. The van der Waals surface area contributed by atoms with E-state index in [4.69, 9.17) is 23.7 Å². The van der Waals surface area contributed by atoms with E-state index in [1.54, 1.807) is 0 Å². The summed E-state index contributed by atoms with van der Waals surface area (Å²) in [5.74, 6) is -0.734. The van der Waals surface area contributed by atoms with Gasteiger partial charge in [-0.25, -0.2) is 0 Å². The third kappa shape index (κ3) is 5.14. The third-order valence-corrected chi connectivity index (χ3v) is 4.47. The van der Waals surface area contributed by atoms with Gasteiger partial charge in [-0.1, -0.05) is 0 Å². The van der Waals surface area contributed by atoms with E-state index in [1.165, 1.54) is 7.11 Å². The molecule has 166 valence electrons. The number of aliphatic hydroxyl groups excluding tert-OH is 6. The standard InChI is InChI=1S/C15H26O12.H2O/c1-5(18)24-13-12(9(20)7(4-17)26-15(13)23-2)27-14-11(22)10(21)8(19)6(3-16)25-14;/h6-17,19-22H,3-4H2,1-2H3;1H2/t6-,7-,8-,9-,10+,11+,12+,13+,14-,15-;/m1./s1. The van der Waals surface area contributed by atoms with Gasteiger partial charge < -0.3 is 59.8 Å². The number of ether oxygens (including phenoxy) is 5. The van der Waals surface area contributed by atoms with E-state index in [0.717, 1.165) is 6.92 Å². The summed E-state index contributed by atoms with van der Waals surface area (Å²) in [5.41, 5.74) is 0. The first-order chi connectivity index (χ1) is 12.7. The molecule has 13 nitrogen and oxygen atoms in total. The molecule has 0 aromatic carbocycles. The van der Waals surface area contributed by atoms with Crippen molar-refractivity contribution in [2.24, 2.45) is 0 Å². The van der Waals surface area contributed by atoms with Crippen molar-refractivity contribution in [3.8, 4) is 0 Å². The van der Waals surface area contributed by atoms with Crippen LogP contribution in [0.1, 0.15) is 6.92 Å². The second-order valence-electron chi connectivity index (χ2n) is 6.32. The van der Waals surface area contributed by atoms with Crippen LogP contribution >= 0.6 is 0 Å². The molecule has 0 amide bonds. The van der Waals surface area contributed by atoms with Gasteiger partial charge in [0.1, 0.15) is 42.7 Å². The second-order valence-corrected chi connectivity index (χ2v) is 6.32. The average molecular weight is 416 g/mol. The number of aliphatic hydroxyl groups is 6. The van der Waals surface area contributed by atoms with Crippen LogP contribution in [-0.4, -0.2) is 124 Å². The van der Waals surface area contributed by atoms with Gasteiger partial charge in [-0.05, 0) is 0 Å². The van der Waals surface area contributed by atoms with E-state index in [0.29, 0.717) is 0 Å². The number of esters is 1. The highest BCUT2D eigenvalue weighted by Gasteiger charge is 2.52. The normalized spacial score (nSPS) is 43.9. The molecular formula is C15H28O13. The summed E-state index contributed by atoms with van der Waals surface area (Å²) in [5, 5.41) is 58.9. The molecule has 0 unspecified atom stereocenters. The molecule has 13 heteroatoms. The first kappa shape index (κ1) is 25.1. The first-order valence-electron chi connectivity index (χ1n) is 8.35. The highest BCUT2D eigenvalue weighted by Crippen LogP contribution is 2.30. The molecule has 8 N–H and O–H groups in total. The first-order valence-corrected chi connectivity index (χ1v) is 8.35. The Morgan fingerprint density at radius 1 is 0.857 bits per heavy atom. The maximum absolute atomic E-state index is 11.4. The fourth-order valence-electron chi connectivity index (χ4n) is 3.04. The van der Waals surface area contributed by atoms with Gasteiger partial charge in [0.15, 0.2) is 18.7 Å².